The van der Waals surface area contributed by atoms with Gasteiger partial charge >= 0.3 is 41.1 Å². The molecule has 0 N–H and O–H groups in total. The summed E-state index contributed by atoms with van der Waals surface area (Å²) in [4.78, 5) is 51.9. The Morgan fingerprint density at radius 3 is 1.39 bits per heavy atom. The van der Waals surface area contributed by atoms with E-state index < -0.39 is 41.1 Å². The lowest BCUT2D eigenvalue weighted by Crippen LogP contribution is -2.17. The fraction of sp³-hybridized carbons (Fsp3) is 0.125. The highest BCUT2D eigenvalue weighted by Gasteiger charge is 2.39. The predicted octanol–water partition coefficient (Wildman–Crippen LogP) is 6.68. The van der Waals surface area contributed by atoms with Crippen LogP contribution in [-0.2, 0) is 54.0 Å². The topological polar surface area (TPSA) is 142 Å². The first-order valence-corrected chi connectivity index (χ1v) is 16.1. The number of carbonyl (C=O) groups excluding carboxylic acids is 4. The van der Waals surface area contributed by atoms with Crippen LogP contribution >= 0.6 is 17.2 Å². The second-order valence-electron chi connectivity index (χ2n) is 10.5. The Morgan fingerprint density at radius 1 is 0.522 bits per heavy atom. The molecule has 0 saturated carbocycles. The van der Waals surface area contributed by atoms with Crippen molar-refractivity contribution in [3.63, 3.8) is 0 Å². The fourth-order valence-electron chi connectivity index (χ4n) is 5.35. The van der Waals surface area contributed by atoms with Crippen LogP contribution in [0.1, 0.15) is 63.7 Å². The second-order valence-corrected chi connectivity index (χ2v) is 12.5. The molecule has 0 saturated heterocycles. The smallest absolute Gasteiger partial charge is 0.407 e. The number of fused-ring (bicyclic) bond motifs is 4. The van der Waals surface area contributed by atoms with Crippen molar-refractivity contribution in [1.29, 1.82) is 0 Å². The first-order valence-electron chi connectivity index (χ1n) is 13.9. The maximum absolute atomic E-state index is 13.0. The van der Waals surface area contributed by atoms with E-state index in [4.69, 9.17) is 36.6 Å². The van der Waals surface area contributed by atoms with E-state index in [0.717, 1.165) is 22.3 Å². The highest BCUT2D eigenvalue weighted by atomic mass is 31.2. The maximum Gasteiger partial charge on any atom is 0.535 e. The van der Waals surface area contributed by atoms with E-state index in [-0.39, 0.29) is 33.8 Å². The summed E-state index contributed by atoms with van der Waals surface area (Å²) in [6.45, 7) is 1.71. The molecule has 4 aromatic carbocycles. The van der Waals surface area contributed by atoms with Gasteiger partial charge in [-0.2, -0.15) is 0 Å². The number of rotatable bonds is 5. The minimum atomic E-state index is -2.48. The standard InChI is InChI=1S/C32H20O12P2/c33-29(17-7-9-19-13-37-15-21(19)11-17)41-45-39-27-23(3-1-5-25(27)31(35)43-45)24-4-2-6-26-28(24)40-46(44-32(26)36)42-30(34)18-8-10-20-14-38-16-22(20)12-18/h1-12H,13-16H2. The molecule has 4 aromatic rings. The van der Waals surface area contributed by atoms with Crippen molar-refractivity contribution in [2.75, 3.05) is 0 Å². The number of para-hydroxylation sites is 2. The molecule has 4 aliphatic heterocycles. The van der Waals surface area contributed by atoms with Gasteiger partial charge in [0.2, 0.25) is 0 Å². The highest BCUT2D eigenvalue weighted by Crippen LogP contribution is 2.55. The Morgan fingerprint density at radius 2 is 0.935 bits per heavy atom. The first-order chi connectivity index (χ1) is 22.4. The molecule has 0 spiro atoms. The van der Waals surface area contributed by atoms with Crippen LogP contribution in [-0.4, -0.2) is 23.9 Å². The molecule has 2 atom stereocenters. The SMILES string of the molecule is O=C(OP1OC(=O)c2cccc(-c3cccc4c3OP(OC(=O)c3ccc5c(c3)COC5)OC4=O)c2O1)c1ccc2c(c1)COC2. The molecule has 0 bridgehead atoms. The molecule has 2 unspecified atom stereocenters. The van der Waals surface area contributed by atoms with Gasteiger partial charge in [0.25, 0.3) is 0 Å². The van der Waals surface area contributed by atoms with Crippen molar-refractivity contribution < 1.29 is 55.8 Å². The van der Waals surface area contributed by atoms with Gasteiger partial charge in [-0.15, -0.1) is 0 Å². The van der Waals surface area contributed by atoms with Gasteiger partial charge in [-0.25, -0.2) is 19.2 Å². The summed E-state index contributed by atoms with van der Waals surface area (Å²) in [6.07, 6.45) is 0. The summed E-state index contributed by atoms with van der Waals surface area (Å²) in [5, 5.41) is 0. The summed E-state index contributed by atoms with van der Waals surface area (Å²) < 4.78 is 44.3. The average molecular weight is 658 g/mol. The van der Waals surface area contributed by atoms with Crippen molar-refractivity contribution in [3.05, 3.63) is 117 Å². The summed E-state index contributed by atoms with van der Waals surface area (Å²) >= 11 is 0. The minimum Gasteiger partial charge on any atom is -0.407 e. The van der Waals surface area contributed by atoms with Crippen LogP contribution in [0.25, 0.3) is 11.1 Å². The zero-order valence-electron chi connectivity index (χ0n) is 23.6. The summed E-state index contributed by atoms with van der Waals surface area (Å²) in [5.41, 5.74) is 5.06. The lowest BCUT2D eigenvalue weighted by molar-refractivity contribution is 0.0585. The molecule has 0 aromatic heterocycles. The molecule has 0 fully saturated rings. The predicted molar refractivity (Wildman–Crippen MR) is 159 cm³/mol. The third-order valence-electron chi connectivity index (χ3n) is 7.64. The van der Waals surface area contributed by atoms with Crippen LogP contribution in [0.15, 0.2) is 72.8 Å². The number of carbonyl (C=O) groups is 4. The van der Waals surface area contributed by atoms with Gasteiger partial charge in [0.15, 0.2) is 11.5 Å². The minimum absolute atomic E-state index is 0.0673. The quantitative estimate of drug-likeness (QED) is 0.211. The highest BCUT2D eigenvalue weighted by molar-refractivity contribution is 7.44. The summed E-state index contributed by atoms with van der Waals surface area (Å²) in [7, 11) is -4.96. The van der Waals surface area contributed by atoms with Crippen LogP contribution in [0.2, 0.25) is 0 Å². The summed E-state index contributed by atoms with van der Waals surface area (Å²) in [6, 6.07) is 19.6. The van der Waals surface area contributed by atoms with E-state index >= 15 is 0 Å². The Balaban J connectivity index is 1.06. The molecule has 230 valence electrons. The van der Waals surface area contributed by atoms with E-state index in [9.17, 15) is 19.2 Å². The Bertz CT molecular complexity index is 1830. The van der Waals surface area contributed by atoms with Crippen LogP contribution in [0.4, 0.5) is 0 Å². The Hall–Kier alpha value is -4.86. The van der Waals surface area contributed by atoms with Gasteiger partial charge in [0, 0.05) is 11.1 Å². The zero-order chi connectivity index (χ0) is 31.4. The van der Waals surface area contributed by atoms with Crippen LogP contribution in [0, 0.1) is 0 Å². The maximum atomic E-state index is 13.0. The zero-order valence-corrected chi connectivity index (χ0v) is 25.3. The lowest BCUT2D eigenvalue weighted by Gasteiger charge is -2.26. The van der Waals surface area contributed by atoms with Gasteiger partial charge in [-0.3, -0.25) is 0 Å². The number of hydrogen-bond acceptors (Lipinski definition) is 12. The average Bonchev–Trinajstić information content (AvgIpc) is 3.73. The van der Waals surface area contributed by atoms with Gasteiger partial charge in [-0.05, 0) is 58.7 Å². The third kappa shape index (κ3) is 5.15. The van der Waals surface area contributed by atoms with Crippen molar-refractivity contribution in [2.45, 2.75) is 26.4 Å². The molecule has 8 rings (SSSR count). The Kier molecular flexibility index (Phi) is 7.15. The van der Waals surface area contributed by atoms with Gasteiger partial charge < -0.3 is 36.6 Å². The first kappa shape index (κ1) is 28.6. The molecule has 46 heavy (non-hydrogen) atoms. The molecule has 0 aliphatic carbocycles. The van der Waals surface area contributed by atoms with E-state index in [1.165, 1.54) is 12.1 Å². The Labute approximate surface area is 263 Å². The largest absolute Gasteiger partial charge is 0.535 e. The molecule has 4 aliphatic rings. The van der Waals surface area contributed by atoms with E-state index in [1.54, 1.807) is 60.7 Å². The van der Waals surface area contributed by atoms with Gasteiger partial charge in [-0.1, -0.05) is 36.4 Å². The van der Waals surface area contributed by atoms with Crippen LogP contribution in [0.5, 0.6) is 11.5 Å². The third-order valence-corrected chi connectivity index (χ3v) is 9.56. The van der Waals surface area contributed by atoms with E-state index in [0.29, 0.717) is 37.6 Å². The number of ether oxygens (including phenoxy) is 2. The lowest BCUT2D eigenvalue weighted by atomic mass is 9.98. The van der Waals surface area contributed by atoms with E-state index in [1.807, 2.05) is 0 Å². The van der Waals surface area contributed by atoms with Crippen molar-refractivity contribution in [3.8, 4) is 22.6 Å². The molecule has 0 radical (unpaired) electrons. The number of benzene rings is 4. The second kappa shape index (κ2) is 11.5. The molecule has 4 heterocycles. The monoisotopic (exact) mass is 658 g/mol. The molecule has 14 heteroatoms. The molecular weight excluding hydrogens is 638 g/mol. The molecular formula is C32H20O12P2. The van der Waals surface area contributed by atoms with Crippen molar-refractivity contribution in [1.82, 2.24) is 0 Å². The fourth-order valence-corrected chi connectivity index (χ4v) is 7.21. The van der Waals surface area contributed by atoms with Crippen molar-refractivity contribution >= 4 is 41.1 Å². The van der Waals surface area contributed by atoms with E-state index in [2.05, 4.69) is 0 Å². The van der Waals surface area contributed by atoms with Crippen LogP contribution < -0.4 is 9.05 Å². The van der Waals surface area contributed by atoms with Crippen LogP contribution in [0.3, 0.4) is 0 Å². The van der Waals surface area contributed by atoms with Crippen molar-refractivity contribution in [2.24, 2.45) is 0 Å². The van der Waals surface area contributed by atoms with Gasteiger partial charge in [0.1, 0.15) is 11.1 Å². The summed E-state index contributed by atoms with van der Waals surface area (Å²) in [5.74, 6) is -2.85. The normalized spacial score (nSPS) is 18.9. The molecule has 0 amide bonds. The molecule has 12 nitrogen and oxygen atoms in total. The van der Waals surface area contributed by atoms with Gasteiger partial charge in [0.05, 0.1) is 37.6 Å². The number of hydrogen-bond donors (Lipinski definition) is 0.